The molecule has 17 heavy (non-hydrogen) atoms. The van der Waals surface area contributed by atoms with Crippen LogP contribution in [-0.2, 0) is 0 Å². The number of nitrogens with zero attached hydrogens (tertiary/aromatic N) is 1. The number of carbonyl (C=O) groups is 1. The van der Waals surface area contributed by atoms with Crippen LogP contribution in [0.3, 0.4) is 0 Å². The summed E-state index contributed by atoms with van der Waals surface area (Å²) in [6.45, 7) is 0. The van der Waals surface area contributed by atoms with Gasteiger partial charge in [0, 0.05) is 5.56 Å². The summed E-state index contributed by atoms with van der Waals surface area (Å²) < 4.78 is 0. The van der Waals surface area contributed by atoms with Gasteiger partial charge in [0.05, 0.1) is 11.9 Å². The van der Waals surface area contributed by atoms with Crippen LogP contribution in [0.5, 0.6) is 0 Å². The monoisotopic (exact) mass is 224 g/mol. The van der Waals surface area contributed by atoms with E-state index in [-0.39, 0.29) is 0 Å². The molecule has 0 aliphatic rings. The smallest absolute Gasteiger partial charge is 0.150 e. The summed E-state index contributed by atoms with van der Waals surface area (Å²) in [5.41, 5.74) is 5.43. The van der Waals surface area contributed by atoms with E-state index in [1.807, 2.05) is 42.5 Å². The maximum absolute atomic E-state index is 10.5. The summed E-state index contributed by atoms with van der Waals surface area (Å²) in [6.07, 6.45) is 2.56. The van der Waals surface area contributed by atoms with E-state index in [1.165, 1.54) is 0 Å². The van der Waals surface area contributed by atoms with Gasteiger partial charge in [-0.05, 0) is 29.8 Å². The second-order valence-corrected chi connectivity index (χ2v) is 3.52. The molecule has 0 fully saturated rings. The van der Waals surface area contributed by atoms with Crippen molar-refractivity contribution in [3.8, 4) is 0 Å². The first-order valence-corrected chi connectivity index (χ1v) is 5.28. The fourth-order valence-electron chi connectivity index (χ4n) is 1.36. The van der Waals surface area contributed by atoms with Crippen molar-refractivity contribution in [2.24, 2.45) is 5.10 Å². The van der Waals surface area contributed by atoms with Crippen molar-refractivity contribution in [2.45, 2.75) is 0 Å². The maximum atomic E-state index is 10.5. The van der Waals surface area contributed by atoms with Gasteiger partial charge in [-0.25, -0.2) is 0 Å². The highest BCUT2D eigenvalue weighted by atomic mass is 16.1. The van der Waals surface area contributed by atoms with Gasteiger partial charge in [0.2, 0.25) is 0 Å². The lowest BCUT2D eigenvalue weighted by Gasteiger charge is -1.99. The zero-order valence-electron chi connectivity index (χ0n) is 9.21. The Bertz CT molecular complexity index is 504. The predicted molar refractivity (Wildman–Crippen MR) is 69.5 cm³/mol. The standard InChI is InChI=1S/C14H12N2O/c17-11-13-6-8-14(9-7-13)16-15-10-12-4-2-1-3-5-12/h1-11,16H/b15-10+. The average molecular weight is 224 g/mol. The fraction of sp³-hybridized carbons (Fsp3) is 0. The van der Waals surface area contributed by atoms with Gasteiger partial charge in [0.25, 0.3) is 0 Å². The molecule has 0 unspecified atom stereocenters. The molecule has 0 aromatic heterocycles. The summed E-state index contributed by atoms with van der Waals surface area (Å²) in [4.78, 5) is 10.5. The second kappa shape index (κ2) is 5.61. The van der Waals surface area contributed by atoms with Crippen LogP contribution in [0.15, 0.2) is 59.7 Å². The Labute approximate surface area is 99.8 Å². The first-order valence-electron chi connectivity index (χ1n) is 5.28. The van der Waals surface area contributed by atoms with Crippen LogP contribution in [0.25, 0.3) is 0 Å². The van der Waals surface area contributed by atoms with Gasteiger partial charge in [-0.3, -0.25) is 10.2 Å². The van der Waals surface area contributed by atoms with Crippen molar-refractivity contribution >= 4 is 18.2 Å². The zero-order valence-corrected chi connectivity index (χ0v) is 9.21. The lowest BCUT2D eigenvalue weighted by Crippen LogP contribution is -1.90. The summed E-state index contributed by atoms with van der Waals surface area (Å²) in [6, 6.07) is 16.9. The molecule has 0 aliphatic heterocycles. The number of benzene rings is 2. The molecule has 2 aromatic carbocycles. The molecule has 0 saturated carbocycles. The van der Waals surface area contributed by atoms with Crippen molar-refractivity contribution in [1.82, 2.24) is 0 Å². The molecule has 0 radical (unpaired) electrons. The number of aldehydes is 1. The number of carbonyl (C=O) groups excluding carboxylic acids is 1. The Morgan fingerprint density at radius 1 is 0.882 bits per heavy atom. The molecule has 0 amide bonds. The van der Waals surface area contributed by atoms with E-state index in [0.717, 1.165) is 17.5 Å². The van der Waals surface area contributed by atoms with Crippen LogP contribution in [0.1, 0.15) is 15.9 Å². The van der Waals surface area contributed by atoms with Gasteiger partial charge in [0.15, 0.2) is 0 Å². The van der Waals surface area contributed by atoms with Crippen molar-refractivity contribution in [2.75, 3.05) is 5.43 Å². The van der Waals surface area contributed by atoms with E-state index < -0.39 is 0 Å². The first kappa shape index (κ1) is 11.1. The fourth-order valence-corrected chi connectivity index (χ4v) is 1.36. The summed E-state index contributed by atoms with van der Waals surface area (Å²) in [7, 11) is 0. The Hall–Kier alpha value is -2.42. The van der Waals surface area contributed by atoms with Crippen molar-refractivity contribution in [3.05, 3.63) is 65.7 Å². The maximum Gasteiger partial charge on any atom is 0.150 e. The van der Waals surface area contributed by atoms with Crippen LogP contribution in [0.4, 0.5) is 5.69 Å². The summed E-state index contributed by atoms with van der Waals surface area (Å²) in [5, 5.41) is 4.10. The highest BCUT2D eigenvalue weighted by Gasteiger charge is 1.90. The van der Waals surface area contributed by atoms with Gasteiger partial charge in [-0.2, -0.15) is 5.10 Å². The minimum Gasteiger partial charge on any atom is -0.298 e. The van der Waals surface area contributed by atoms with Gasteiger partial charge in [-0.15, -0.1) is 0 Å². The van der Waals surface area contributed by atoms with Gasteiger partial charge < -0.3 is 0 Å². The quantitative estimate of drug-likeness (QED) is 0.493. The lowest BCUT2D eigenvalue weighted by molar-refractivity contribution is 0.112. The van der Waals surface area contributed by atoms with Crippen LogP contribution in [0, 0.1) is 0 Å². The third-order valence-electron chi connectivity index (χ3n) is 2.25. The molecule has 0 saturated heterocycles. The lowest BCUT2D eigenvalue weighted by atomic mass is 10.2. The second-order valence-electron chi connectivity index (χ2n) is 3.52. The first-order chi connectivity index (χ1) is 8.38. The van der Waals surface area contributed by atoms with Gasteiger partial charge >= 0.3 is 0 Å². The van der Waals surface area contributed by atoms with E-state index in [1.54, 1.807) is 18.3 Å². The molecular weight excluding hydrogens is 212 g/mol. The third-order valence-corrected chi connectivity index (χ3v) is 2.25. The molecule has 2 aromatic rings. The minimum atomic E-state index is 0.655. The number of nitrogens with one attached hydrogen (secondary N) is 1. The third kappa shape index (κ3) is 3.28. The van der Waals surface area contributed by atoms with Crippen LogP contribution >= 0.6 is 0 Å². The Morgan fingerprint density at radius 2 is 1.59 bits per heavy atom. The summed E-state index contributed by atoms with van der Waals surface area (Å²) >= 11 is 0. The van der Waals surface area contributed by atoms with Crippen LogP contribution in [-0.4, -0.2) is 12.5 Å². The molecule has 1 N–H and O–H groups in total. The Kier molecular flexibility index (Phi) is 3.65. The van der Waals surface area contributed by atoms with Crippen molar-refractivity contribution in [3.63, 3.8) is 0 Å². The average Bonchev–Trinajstić information content (AvgIpc) is 2.41. The largest absolute Gasteiger partial charge is 0.298 e. The zero-order chi connectivity index (χ0) is 11.9. The molecule has 0 spiro atoms. The Balaban J connectivity index is 1.97. The van der Waals surface area contributed by atoms with Crippen LogP contribution in [0.2, 0.25) is 0 Å². The number of hydrogen-bond acceptors (Lipinski definition) is 3. The molecular formula is C14H12N2O. The van der Waals surface area contributed by atoms with Crippen LogP contribution < -0.4 is 5.43 Å². The van der Waals surface area contributed by atoms with Gasteiger partial charge in [-0.1, -0.05) is 30.3 Å². The SMILES string of the molecule is O=Cc1ccc(N/N=C/c2ccccc2)cc1. The number of hydrazone groups is 1. The number of rotatable bonds is 4. The Morgan fingerprint density at radius 3 is 2.24 bits per heavy atom. The molecule has 0 bridgehead atoms. The van der Waals surface area contributed by atoms with E-state index in [4.69, 9.17) is 0 Å². The molecule has 0 atom stereocenters. The number of anilines is 1. The topological polar surface area (TPSA) is 41.5 Å². The van der Waals surface area contributed by atoms with Crippen molar-refractivity contribution in [1.29, 1.82) is 0 Å². The highest BCUT2D eigenvalue weighted by Crippen LogP contribution is 2.07. The normalized spacial score (nSPS) is 10.4. The minimum absolute atomic E-state index is 0.655. The molecule has 84 valence electrons. The molecule has 0 heterocycles. The molecule has 3 nitrogen and oxygen atoms in total. The summed E-state index contributed by atoms with van der Waals surface area (Å²) in [5.74, 6) is 0. The molecule has 3 heteroatoms. The predicted octanol–water partition coefficient (Wildman–Crippen LogP) is 2.95. The molecule has 0 aliphatic carbocycles. The van der Waals surface area contributed by atoms with E-state index in [2.05, 4.69) is 10.5 Å². The van der Waals surface area contributed by atoms with E-state index >= 15 is 0 Å². The molecule has 2 rings (SSSR count). The van der Waals surface area contributed by atoms with E-state index in [9.17, 15) is 4.79 Å². The highest BCUT2D eigenvalue weighted by molar-refractivity contribution is 5.80. The van der Waals surface area contributed by atoms with Gasteiger partial charge in [0.1, 0.15) is 6.29 Å². The van der Waals surface area contributed by atoms with Crippen molar-refractivity contribution < 1.29 is 4.79 Å². The van der Waals surface area contributed by atoms with E-state index in [0.29, 0.717) is 5.56 Å². The number of hydrogen-bond donors (Lipinski definition) is 1.